The van der Waals surface area contributed by atoms with E-state index in [9.17, 15) is 0 Å². The molecular formula is C6H5N4O. The Labute approximate surface area is 62.4 Å². The largest absolute Gasteiger partial charge is 0.364 e. The van der Waals surface area contributed by atoms with E-state index in [1.165, 1.54) is 0 Å². The van der Waals surface area contributed by atoms with Gasteiger partial charge >= 0.3 is 0 Å². The van der Waals surface area contributed by atoms with Gasteiger partial charge in [0.05, 0.1) is 0 Å². The van der Waals surface area contributed by atoms with E-state index in [2.05, 4.69) is 26.8 Å². The summed E-state index contributed by atoms with van der Waals surface area (Å²) in [6.45, 7) is 1.89. The van der Waals surface area contributed by atoms with Gasteiger partial charge in [-0.3, -0.25) is 5.10 Å². The van der Waals surface area contributed by atoms with Crippen molar-refractivity contribution in [2.24, 2.45) is 0 Å². The summed E-state index contributed by atoms with van der Waals surface area (Å²) < 4.78 is 4.72. The van der Waals surface area contributed by atoms with Gasteiger partial charge in [0.25, 0.3) is 0 Å². The standard InChI is InChI=1S/C6H5N4O/c1-4-3-11-9-6(4)5-2-7-10-8-5/h3H,1H3,(H,7,8,10). The predicted molar refractivity (Wildman–Crippen MR) is 35.5 cm³/mol. The van der Waals surface area contributed by atoms with Crippen LogP contribution in [0.2, 0.25) is 0 Å². The molecule has 0 bridgehead atoms. The van der Waals surface area contributed by atoms with E-state index in [-0.39, 0.29) is 0 Å². The van der Waals surface area contributed by atoms with Crippen molar-refractivity contribution in [3.05, 3.63) is 18.0 Å². The van der Waals surface area contributed by atoms with Crippen LogP contribution in [0.1, 0.15) is 5.56 Å². The maximum absolute atomic E-state index is 4.72. The van der Waals surface area contributed by atoms with Gasteiger partial charge < -0.3 is 4.52 Å². The molecule has 0 amide bonds. The van der Waals surface area contributed by atoms with Crippen LogP contribution in [-0.2, 0) is 0 Å². The second-order valence-electron chi connectivity index (χ2n) is 2.14. The maximum Gasteiger partial charge on any atom is 0.145 e. The number of H-pyrrole nitrogens is 1. The zero-order chi connectivity index (χ0) is 7.68. The third-order valence-electron chi connectivity index (χ3n) is 1.36. The average Bonchev–Trinajstić information content (AvgIpc) is 2.55. The van der Waals surface area contributed by atoms with Crippen LogP contribution >= 0.6 is 0 Å². The molecule has 0 spiro atoms. The fourth-order valence-electron chi connectivity index (χ4n) is 0.810. The van der Waals surface area contributed by atoms with Gasteiger partial charge in [0, 0.05) is 5.56 Å². The van der Waals surface area contributed by atoms with Crippen LogP contribution in [0.15, 0.2) is 10.8 Å². The Kier molecular flexibility index (Phi) is 1.21. The van der Waals surface area contributed by atoms with E-state index in [1.54, 1.807) is 6.26 Å². The Bertz CT molecular complexity index is 337. The second kappa shape index (κ2) is 2.19. The molecule has 2 aromatic heterocycles. The lowest BCUT2D eigenvalue weighted by atomic mass is 10.2. The average molecular weight is 149 g/mol. The van der Waals surface area contributed by atoms with E-state index in [0.717, 1.165) is 5.56 Å². The van der Waals surface area contributed by atoms with Gasteiger partial charge in [0.15, 0.2) is 0 Å². The number of hydrogen-bond acceptors (Lipinski definition) is 4. The summed E-state index contributed by atoms with van der Waals surface area (Å²) >= 11 is 0. The lowest BCUT2D eigenvalue weighted by molar-refractivity contribution is 0.421. The Morgan fingerprint density at radius 1 is 1.64 bits per heavy atom. The zero-order valence-electron chi connectivity index (χ0n) is 5.83. The summed E-state index contributed by atoms with van der Waals surface area (Å²) in [7, 11) is 0. The molecule has 1 N–H and O–H groups in total. The Balaban J connectivity index is 2.53. The van der Waals surface area contributed by atoms with Crippen molar-refractivity contribution in [3.63, 3.8) is 0 Å². The third-order valence-corrected chi connectivity index (χ3v) is 1.36. The summed E-state index contributed by atoms with van der Waals surface area (Å²) in [6.07, 6.45) is 4.20. The SMILES string of the molecule is Cc1conc1-c1[c]nn[nH]1. The van der Waals surface area contributed by atoms with Crippen molar-refractivity contribution in [1.82, 2.24) is 20.6 Å². The molecule has 5 nitrogen and oxygen atoms in total. The van der Waals surface area contributed by atoms with Crippen molar-refractivity contribution in [1.29, 1.82) is 0 Å². The fraction of sp³-hybridized carbons (Fsp3) is 0.167. The first-order chi connectivity index (χ1) is 5.38. The fourth-order valence-corrected chi connectivity index (χ4v) is 0.810. The number of aryl methyl sites for hydroxylation is 1. The van der Waals surface area contributed by atoms with Gasteiger partial charge in [0.2, 0.25) is 0 Å². The first kappa shape index (κ1) is 6.09. The number of aromatic nitrogens is 4. The Hall–Kier alpha value is -1.65. The van der Waals surface area contributed by atoms with Gasteiger partial charge in [-0.15, -0.1) is 5.10 Å². The minimum Gasteiger partial charge on any atom is -0.364 e. The molecule has 55 valence electrons. The minimum atomic E-state index is 0.649. The molecule has 0 fully saturated rings. The molecule has 0 saturated heterocycles. The van der Waals surface area contributed by atoms with Crippen LogP contribution in [0.25, 0.3) is 11.4 Å². The van der Waals surface area contributed by atoms with Crippen molar-refractivity contribution >= 4 is 0 Å². The monoisotopic (exact) mass is 149 g/mol. The summed E-state index contributed by atoms with van der Waals surface area (Å²) in [5, 5.41) is 13.4. The van der Waals surface area contributed by atoms with Gasteiger partial charge in [-0.1, -0.05) is 10.4 Å². The molecule has 0 saturated carbocycles. The van der Waals surface area contributed by atoms with Crippen molar-refractivity contribution in [2.75, 3.05) is 0 Å². The minimum absolute atomic E-state index is 0.649. The Morgan fingerprint density at radius 2 is 2.55 bits per heavy atom. The summed E-state index contributed by atoms with van der Waals surface area (Å²) in [6, 6.07) is 0. The van der Waals surface area contributed by atoms with E-state index in [0.29, 0.717) is 11.4 Å². The summed E-state index contributed by atoms with van der Waals surface area (Å²) in [5.41, 5.74) is 2.29. The molecular weight excluding hydrogens is 144 g/mol. The zero-order valence-corrected chi connectivity index (χ0v) is 5.83. The highest BCUT2D eigenvalue weighted by molar-refractivity contribution is 5.54. The van der Waals surface area contributed by atoms with Crippen LogP contribution in [0, 0.1) is 13.1 Å². The molecule has 1 radical (unpaired) electrons. The van der Waals surface area contributed by atoms with Crippen LogP contribution in [0.3, 0.4) is 0 Å². The smallest absolute Gasteiger partial charge is 0.145 e. The molecule has 2 aromatic rings. The lowest BCUT2D eigenvalue weighted by Crippen LogP contribution is -1.79. The van der Waals surface area contributed by atoms with E-state index >= 15 is 0 Å². The highest BCUT2D eigenvalue weighted by atomic mass is 16.5. The van der Waals surface area contributed by atoms with Crippen LogP contribution in [-0.4, -0.2) is 20.6 Å². The number of hydrogen-bond donors (Lipinski definition) is 1. The van der Waals surface area contributed by atoms with Crippen LogP contribution in [0.4, 0.5) is 0 Å². The van der Waals surface area contributed by atoms with E-state index in [1.807, 2.05) is 6.92 Å². The topological polar surface area (TPSA) is 67.6 Å². The second-order valence-corrected chi connectivity index (χ2v) is 2.14. The van der Waals surface area contributed by atoms with Crippen molar-refractivity contribution < 1.29 is 4.52 Å². The van der Waals surface area contributed by atoms with Crippen LogP contribution < -0.4 is 0 Å². The van der Waals surface area contributed by atoms with E-state index < -0.39 is 0 Å². The summed E-state index contributed by atoms with van der Waals surface area (Å²) in [4.78, 5) is 0. The number of nitrogens with one attached hydrogen (secondary N) is 1. The molecule has 0 aliphatic heterocycles. The first-order valence-electron chi connectivity index (χ1n) is 3.08. The molecule has 5 heteroatoms. The molecule has 0 aliphatic carbocycles. The van der Waals surface area contributed by atoms with Gasteiger partial charge in [-0.25, -0.2) is 0 Å². The molecule has 0 aliphatic rings. The molecule has 2 heterocycles. The molecule has 0 unspecified atom stereocenters. The van der Waals surface area contributed by atoms with E-state index in [4.69, 9.17) is 4.52 Å². The molecule has 2 rings (SSSR count). The quantitative estimate of drug-likeness (QED) is 0.643. The van der Waals surface area contributed by atoms with Crippen LogP contribution in [0.5, 0.6) is 0 Å². The predicted octanol–water partition coefficient (Wildman–Crippen LogP) is 0.568. The van der Waals surface area contributed by atoms with Gasteiger partial charge in [0.1, 0.15) is 23.8 Å². The normalized spacial score (nSPS) is 10.3. The molecule has 11 heavy (non-hydrogen) atoms. The van der Waals surface area contributed by atoms with Gasteiger partial charge in [-0.2, -0.15) is 0 Å². The highest BCUT2D eigenvalue weighted by Crippen LogP contribution is 2.16. The highest BCUT2D eigenvalue weighted by Gasteiger charge is 2.07. The first-order valence-corrected chi connectivity index (χ1v) is 3.08. The Morgan fingerprint density at radius 3 is 3.09 bits per heavy atom. The molecule has 0 atom stereocenters. The maximum atomic E-state index is 4.72. The van der Waals surface area contributed by atoms with Gasteiger partial charge in [-0.05, 0) is 6.92 Å². The lowest BCUT2D eigenvalue weighted by Gasteiger charge is -1.85. The third kappa shape index (κ3) is 0.899. The number of rotatable bonds is 1. The molecule has 0 aromatic carbocycles. The number of aromatic amines is 1. The number of nitrogens with zero attached hydrogens (tertiary/aromatic N) is 3. The summed E-state index contributed by atoms with van der Waals surface area (Å²) in [5.74, 6) is 0. The van der Waals surface area contributed by atoms with Crippen molar-refractivity contribution in [2.45, 2.75) is 6.92 Å². The van der Waals surface area contributed by atoms with Crippen molar-refractivity contribution in [3.8, 4) is 11.4 Å².